The van der Waals surface area contributed by atoms with Crippen molar-refractivity contribution >= 4 is 5.78 Å². The van der Waals surface area contributed by atoms with Gasteiger partial charge >= 0.3 is 0 Å². The van der Waals surface area contributed by atoms with Gasteiger partial charge in [0.05, 0.1) is 19.6 Å². The Hall–Kier alpha value is -1.19. The van der Waals surface area contributed by atoms with Crippen molar-refractivity contribution in [1.29, 1.82) is 0 Å². The van der Waals surface area contributed by atoms with E-state index in [-0.39, 0.29) is 12.1 Å². The molecule has 1 aromatic rings. The first-order valence-corrected chi connectivity index (χ1v) is 5.96. The maximum absolute atomic E-state index is 11.9. The second kappa shape index (κ2) is 5.43. The molecule has 1 aromatic carbocycles. The molecule has 0 saturated carbocycles. The van der Waals surface area contributed by atoms with Crippen LogP contribution in [0.15, 0.2) is 18.2 Å². The lowest BCUT2D eigenvalue weighted by Gasteiger charge is -2.09. The Morgan fingerprint density at radius 1 is 1.29 bits per heavy atom. The Bertz CT molecular complexity index is 406. The molecule has 1 fully saturated rings. The lowest BCUT2D eigenvalue weighted by molar-refractivity contribution is -0.126. The van der Waals surface area contributed by atoms with E-state index in [0.717, 1.165) is 11.1 Å². The molecule has 0 amide bonds. The van der Waals surface area contributed by atoms with Crippen LogP contribution in [0, 0.1) is 13.8 Å². The summed E-state index contributed by atoms with van der Waals surface area (Å²) in [6.07, 6.45) is 0.497. The number of ketones is 1. The fraction of sp³-hybridized carbons (Fsp3) is 0.500. The zero-order chi connectivity index (χ0) is 12.3. The molecule has 0 spiro atoms. The van der Waals surface area contributed by atoms with E-state index >= 15 is 0 Å². The van der Waals surface area contributed by atoms with Gasteiger partial charge in [0.2, 0.25) is 0 Å². The van der Waals surface area contributed by atoms with Gasteiger partial charge in [-0.25, -0.2) is 0 Å². The lowest BCUT2D eigenvalue weighted by Crippen LogP contribution is -2.16. The van der Waals surface area contributed by atoms with Crippen LogP contribution in [0.2, 0.25) is 0 Å². The largest absolute Gasteiger partial charge is 0.350 e. The molecular formula is C14H18O3. The average Bonchev–Trinajstić information content (AvgIpc) is 2.76. The molecular weight excluding hydrogens is 216 g/mol. The van der Waals surface area contributed by atoms with E-state index in [1.165, 1.54) is 5.56 Å². The van der Waals surface area contributed by atoms with Gasteiger partial charge in [-0.15, -0.1) is 0 Å². The smallest absolute Gasteiger partial charge is 0.164 e. The number of Topliss-reactive ketones (excluding diaryl/α,β-unsaturated/α-hetero) is 1. The fourth-order valence-electron chi connectivity index (χ4n) is 1.99. The minimum Gasteiger partial charge on any atom is -0.350 e. The predicted molar refractivity (Wildman–Crippen MR) is 64.9 cm³/mol. The summed E-state index contributed by atoms with van der Waals surface area (Å²) in [7, 11) is 0. The third kappa shape index (κ3) is 3.38. The van der Waals surface area contributed by atoms with Crippen molar-refractivity contribution in [2.75, 3.05) is 13.2 Å². The van der Waals surface area contributed by atoms with Crippen molar-refractivity contribution in [3.63, 3.8) is 0 Å². The summed E-state index contributed by atoms with van der Waals surface area (Å²) in [6, 6.07) is 6.19. The summed E-state index contributed by atoms with van der Waals surface area (Å²) < 4.78 is 10.5. The molecule has 1 aliphatic rings. The molecule has 3 heteroatoms. The molecule has 0 radical (unpaired) electrons. The van der Waals surface area contributed by atoms with Crippen molar-refractivity contribution in [1.82, 2.24) is 0 Å². The number of aryl methyl sites for hydroxylation is 2. The second-order valence-electron chi connectivity index (χ2n) is 4.52. The Balaban J connectivity index is 1.95. The Morgan fingerprint density at radius 3 is 2.71 bits per heavy atom. The van der Waals surface area contributed by atoms with E-state index in [2.05, 4.69) is 18.2 Å². The van der Waals surface area contributed by atoms with E-state index in [1.54, 1.807) is 0 Å². The number of carbonyl (C=O) groups excluding carboxylic acids is 1. The average molecular weight is 234 g/mol. The van der Waals surface area contributed by atoms with Crippen LogP contribution in [0.5, 0.6) is 0 Å². The standard InChI is InChI=1S/C14H18O3/c1-10-3-4-11(2)12(7-10)8-13(15)9-14-16-5-6-17-14/h3-4,7,14H,5-6,8-9H2,1-2H3. The van der Waals surface area contributed by atoms with Crippen LogP contribution < -0.4 is 0 Å². The van der Waals surface area contributed by atoms with Gasteiger partial charge in [-0.05, 0) is 25.0 Å². The molecule has 1 heterocycles. The monoisotopic (exact) mass is 234 g/mol. The molecule has 0 aromatic heterocycles. The Labute approximate surface area is 102 Å². The second-order valence-corrected chi connectivity index (χ2v) is 4.52. The predicted octanol–water partition coefficient (Wildman–Crippen LogP) is 2.18. The van der Waals surface area contributed by atoms with E-state index in [4.69, 9.17) is 9.47 Å². The Morgan fingerprint density at radius 2 is 2.00 bits per heavy atom. The third-order valence-electron chi connectivity index (χ3n) is 2.98. The van der Waals surface area contributed by atoms with Gasteiger partial charge in [0.1, 0.15) is 5.78 Å². The maximum atomic E-state index is 11.9. The van der Waals surface area contributed by atoms with E-state index in [1.807, 2.05) is 13.8 Å². The molecule has 0 N–H and O–H groups in total. The van der Waals surface area contributed by atoms with Crippen molar-refractivity contribution in [2.45, 2.75) is 33.0 Å². The zero-order valence-corrected chi connectivity index (χ0v) is 10.4. The molecule has 3 nitrogen and oxygen atoms in total. The summed E-state index contributed by atoms with van der Waals surface area (Å²) in [5.74, 6) is 0.172. The van der Waals surface area contributed by atoms with Crippen LogP contribution in [0.3, 0.4) is 0 Å². The van der Waals surface area contributed by atoms with Gasteiger partial charge in [-0.2, -0.15) is 0 Å². The van der Waals surface area contributed by atoms with Gasteiger partial charge in [0, 0.05) is 6.42 Å². The van der Waals surface area contributed by atoms with Gasteiger partial charge in [0.25, 0.3) is 0 Å². The topological polar surface area (TPSA) is 35.5 Å². The van der Waals surface area contributed by atoms with Gasteiger partial charge in [0.15, 0.2) is 6.29 Å². The van der Waals surface area contributed by atoms with Crippen LogP contribution in [0.25, 0.3) is 0 Å². The summed E-state index contributed by atoms with van der Waals surface area (Å²) in [4.78, 5) is 11.9. The van der Waals surface area contributed by atoms with Crippen molar-refractivity contribution in [3.8, 4) is 0 Å². The highest BCUT2D eigenvalue weighted by molar-refractivity contribution is 5.81. The first kappa shape index (κ1) is 12.3. The minimum absolute atomic E-state index is 0.172. The highest BCUT2D eigenvalue weighted by Gasteiger charge is 2.19. The van der Waals surface area contributed by atoms with Crippen LogP contribution in [-0.2, 0) is 20.7 Å². The van der Waals surface area contributed by atoms with Crippen LogP contribution in [0.1, 0.15) is 23.1 Å². The van der Waals surface area contributed by atoms with Crippen LogP contribution in [0.4, 0.5) is 0 Å². The van der Waals surface area contributed by atoms with Crippen molar-refractivity contribution < 1.29 is 14.3 Å². The molecule has 0 unspecified atom stereocenters. The molecule has 0 atom stereocenters. The number of rotatable bonds is 4. The highest BCUT2D eigenvalue weighted by atomic mass is 16.7. The van der Waals surface area contributed by atoms with E-state index < -0.39 is 0 Å². The molecule has 2 rings (SSSR count). The van der Waals surface area contributed by atoms with Crippen LogP contribution in [-0.4, -0.2) is 25.3 Å². The molecule has 92 valence electrons. The molecule has 1 aliphatic heterocycles. The minimum atomic E-state index is -0.326. The summed E-state index contributed by atoms with van der Waals surface area (Å²) in [5, 5.41) is 0. The first-order valence-electron chi connectivity index (χ1n) is 5.96. The lowest BCUT2D eigenvalue weighted by atomic mass is 10.00. The number of carbonyl (C=O) groups is 1. The molecule has 17 heavy (non-hydrogen) atoms. The SMILES string of the molecule is Cc1ccc(C)c(CC(=O)CC2OCCO2)c1. The highest BCUT2D eigenvalue weighted by Crippen LogP contribution is 2.14. The van der Waals surface area contributed by atoms with Crippen LogP contribution >= 0.6 is 0 Å². The number of hydrogen-bond donors (Lipinski definition) is 0. The zero-order valence-electron chi connectivity index (χ0n) is 10.4. The summed E-state index contributed by atoms with van der Waals surface area (Å²) in [6.45, 7) is 5.27. The molecule has 0 aliphatic carbocycles. The normalized spacial score (nSPS) is 16.4. The Kier molecular flexibility index (Phi) is 3.92. The summed E-state index contributed by atoms with van der Waals surface area (Å²) in [5.41, 5.74) is 3.46. The molecule has 0 bridgehead atoms. The van der Waals surface area contributed by atoms with Gasteiger partial charge in [-0.3, -0.25) is 4.79 Å². The van der Waals surface area contributed by atoms with Gasteiger partial charge < -0.3 is 9.47 Å². The number of ether oxygens (including phenoxy) is 2. The van der Waals surface area contributed by atoms with E-state index in [9.17, 15) is 4.79 Å². The first-order chi connectivity index (χ1) is 8.15. The number of hydrogen-bond acceptors (Lipinski definition) is 3. The number of benzene rings is 1. The summed E-state index contributed by atoms with van der Waals surface area (Å²) >= 11 is 0. The quantitative estimate of drug-likeness (QED) is 0.801. The fourth-order valence-corrected chi connectivity index (χ4v) is 1.99. The molecule has 1 saturated heterocycles. The van der Waals surface area contributed by atoms with Gasteiger partial charge in [-0.1, -0.05) is 23.8 Å². The maximum Gasteiger partial charge on any atom is 0.164 e. The van der Waals surface area contributed by atoms with E-state index in [0.29, 0.717) is 26.1 Å². The van der Waals surface area contributed by atoms with Crippen molar-refractivity contribution in [3.05, 3.63) is 34.9 Å². The third-order valence-corrected chi connectivity index (χ3v) is 2.98. The van der Waals surface area contributed by atoms with Crippen molar-refractivity contribution in [2.24, 2.45) is 0 Å².